The van der Waals surface area contributed by atoms with Crippen LogP contribution in [0.3, 0.4) is 0 Å². The largest absolute Gasteiger partial charge is 0.431 e. The molecule has 2 rings (SSSR count). The monoisotopic (exact) mass is 267 g/mol. The van der Waals surface area contributed by atoms with Crippen LogP contribution in [0.2, 0.25) is 0 Å². The van der Waals surface area contributed by atoms with Gasteiger partial charge in [0.05, 0.1) is 15.7 Å². The van der Waals surface area contributed by atoms with Gasteiger partial charge < -0.3 is 9.47 Å². The summed E-state index contributed by atoms with van der Waals surface area (Å²) in [6, 6.07) is 2.33. The normalized spacial score (nSPS) is 11.4. The molecule has 92 valence electrons. The summed E-state index contributed by atoms with van der Waals surface area (Å²) in [6.45, 7) is -6.23. The maximum Gasteiger partial charge on any atom is 0.387 e. The van der Waals surface area contributed by atoms with Gasteiger partial charge in [0.1, 0.15) is 0 Å². The molecule has 0 unspecified atom stereocenters. The van der Waals surface area contributed by atoms with Gasteiger partial charge in [-0.1, -0.05) is 0 Å². The van der Waals surface area contributed by atoms with E-state index >= 15 is 0 Å². The number of aromatic nitrogens is 1. The Morgan fingerprint density at radius 3 is 2.18 bits per heavy atom. The summed E-state index contributed by atoms with van der Waals surface area (Å²) < 4.78 is 57.1. The third-order valence-corrected chi connectivity index (χ3v) is 2.62. The van der Waals surface area contributed by atoms with E-state index in [0.717, 1.165) is 6.07 Å². The SMILES string of the molecule is FC(F)Oc1cc2ncsc2cc1OC(F)F. The van der Waals surface area contributed by atoms with Crippen molar-refractivity contribution in [3.8, 4) is 11.5 Å². The molecule has 3 nitrogen and oxygen atoms in total. The molecule has 0 amide bonds. The molecule has 1 heterocycles. The molecule has 1 aromatic carbocycles. The van der Waals surface area contributed by atoms with Crippen LogP contribution in [0.1, 0.15) is 0 Å². The zero-order valence-corrected chi connectivity index (χ0v) is 8.89. The van der Waals surface area contributed by atoms with Gasteiger partial charge in [-0.3, -0.25) is 0 Å². The van der Waals surface area contributed by atoms with E-state index in [0.29, 0.717) is 10.2 Å². The van der Waals surface area contributed by atoms with Gasteiger partial charge in [-0.15, -0.1) is 11.3 Å². The van der Waals surface area contributed by atoms with E-state index < -0.39 is 24.7 Å². The number of ether oxygens (including phenoxy) is 2. The highest BCUT2D eigenvalue weighted by Gasteiger charge is 2.16. The first-order valence-corrected chi connectivity index (χ1v) is 5.21. The van der Waals surface area contributed by atoms with Crippen LogP contribution in [0.25, 0.3) is 10.2 Å². The van der Waals surface area contributed by atoms with Crippen LogP contribution in [-0.2, 0) is 0 Å². The molecule has 0 saturated heterocycles. The van der Waals surface area contributed by atoms with Crippen molar-refractivity contribution in [1.29, 1.82) is 0 Å². The van der Waals surface area contributed by atoms with Gasteiger partial charge in [-0.05, 0) is 0 Å². The third-order valence-electron chi connectivity index (χ3n) is 1.83. The van der Waals surface area contributed by atoms with Crippen LogP contribution in [0.15, 0.2) is 17.6 Å². The average Bonchev–Trinajstić information content (AvgIpc) is 2.63. The lowest BCUT2D eigenvalue weighted by Crippen LogP contribution is -2.07. The Labute approximate surface area is 96.6 Å². The zero-order valence-electron chi connectivity index (χ0n) is 8.07. The molecular weight excluding hydrogens is 262 g/mol. The summed E-state index contributed by atoms with van der Waals surface area (Å²) in [5.41, 5.74) is 1.84. The van der Waals surface area contributed by atoms with Crippen LogP contribution < -0.4 is 9.47 Å². The van der Waals surface area contributed by atoms with Crippen molar-refractivity contribution in [2.45, 2.75) is 13.2 Å². The fourth-order valence-corrected chi connectivity index (χ4v) is 1.93. The number of rotatable bonds is 4. The fraction of sp³-hybridized carbons (Fsp3) is 0.222. The number of thiazole rings is 1. The van der Waals surface area contributed by atoms with Crippen molar-refractivity contribution in [3.63, 3.8) is 0 Å². The highest BCUT2D eigenvalue weighted by Crippen LogP contribution is 2.35. The standard InChI is InChI=1S/C9H5F4NO2S/c10-8(11)15-5-1-4-7(17-3-14-4)2-6(5)16-9(12)13/h1-3,8-9H. The highest BCUT2D eigenvalue weighted by atomic mass is 32.1. The Hall–Kier alpha value is -1.57. The Bertz CT molecular complexity index is 473. The summed E-state index contributed by atoms with van der Waals surface area (Å²) >= 11 is 1.18. The number of hydrogen-bond donors (Lipinski definition) is 0. The summed E-state index contributed by atoms with van der Waals surface area (Å²) in [5.74, 6) is -0.893. The van der Waals surface area contributed by atoms with Crippen molar-refractivity contribution in [1.82, 2.24) is 4.98 Å². The predicted octanol–water partition coefficient (Wildman–Crippen LogP) is 3.50. The van der Waals surface area contributed by atoms with Gasteiger partial charge in [0.2, 0.25) is 0 Å². The van der Waals surface area contributed by atoms with Crippen LogP contribution in [-0.4, -0.2) is 18.2 Å². The van der Waals surface area contributed by atoms with E-state index in [1.807, 2.05) is 0 Å². The van der Waals surface area contributed by atoms with E-state index in [4.69, 9.17) is 0 Å². The van der Waals surface area contributed by atoms with Crippen LogP contribution >= 0.6 is 11.3 Å². The van der Waals surface area contributed by atoms with E-state index in [2.05, 4.69) is 14.5 Å². The Balaban J connectivity index is 2.43. The molecule has 0 aliphatic carbocycles. The Morgan fingerprint density at radius 2 is 1.59 bits per heavy atom. The zero-order chi connectivity index (χ0) is 12.4. The number of fused-ring (bicyclic) bond motifs is 1. The number of alkyl halides is 4. The minimum atomic E-state index is -3.12. The summed E-state index contributed by atoms with van der Waals surface area (Å²) in [6.07, 6.45) is 0. The molecule has 0 fully saturated rings. The molecule has 0 N–H and O–H groups in total. The molecule has 0 aliphatic rings. The number of benzene rings is 1. The first kappa shape index (κ1) is 11.9. The maximum absolute atomic E-state index is 12.1. The Kier molecular flexibility index (Phi) is 3.32. The number of hydrogen-bond acceptors (Lipinski definition) is 4. The van der Waals surface area contributed by atoms with Crippen molar-refractivity contribution in [3.05, 3.63) is 17.6 Å². The van der Waals surface area contributed by atoms with Crippen LogP contribution in [0.5, 0.6) is 11.5 Å². The van der Waals surface area contributed by atoms with E-state index in [1.54, 1.807) is 0 Å². The van der Waals surface area contributed by atoms with Crippen molar-refractivity contribution < 1.29 is 27.0 Å². The molecule has 0 aliphatic heterocycles. The molecule has 0 radical (unpaired) electrons. The molecule has 1 aromatic heterocycles. The molecule has 0 saturated carbocycles. The second kappa shape index (κ2) is 4.74. The van der Waals surface area contributed by atoms with Gasteiger partial charge in [0, 0.05) is 12.1 Å². The van der Waals surface area contributed by atoms with Crippen molar-refractivity contribution in [2.75, 3.05) is 0 Å². The second-order valence-corrected chi connectivity index (χ2v) is 3.76. The quantitative estimate of drug-likeness (QED) is 0.794. The smallest absolute Gasteiger partial charge is 0.387 e. The van der Waals surface area contributed by atoms with Gasteiger partial charge in [0.15, 0.2) is 11.5 Å². The lowest BCUT2D eigenvalue weighted by molar-refractivity contribution is -0.0690. The molecule has 17 heavy (non-hydrogen) atoms. The van der Waals surface area contributed by atoms with Gasteiger partial charge in [-0.2, -0.15) is 17.6 Å². The van der Waals surface area contributed by atoms with Crippen LogP contribution in [0, 0.1) is 0 Å². The number of halogens is 4. The first-order chi connectivity index (χ1) is 8.06. The lowest BCUT2D eigenvalue weighted by atomic mass is 10.3. The molecule has 2 aromatic rings. The van der Waals surface area contributed by atoms with E-state index in [9.17, 15) is 17.6 Å². The fourth-order valence-electron chi connectivity index (χ4n) is 1.24. The minimum Gasteiger partial charge on any atom is -0.431 e. The Morgan fingerprint density at radius 1 is 1.00 bits per heavy atom. The van der Waals surface area contributed by atoms with Crippen LogP contribution in [0.4, 0.5) is 17.6 Å². The average molecular weight is 267 g/mol. The highest BCUT2D eigenvalue weighted by molar-refractivity contribution is 7.16. The van der Waals surface area contributed by atoms with E-state index in [-0.39, 0.29) is 0 Å². The van der Waals surface area contributed by atoms with Gasteiger partial charge >= 0.3 is 13.2 Å². The topological polar surface area (TPSA) is 31.4 Å². The second-order valence-electron chi connectivity index (χ2n) is 2.88. The van der Waals surface area contributed by atoms with Crippen molar-refractivity contribution >= 4 is 21.6 Å². The predicted molar refractivity (Wildman–Crippen MR) is 52.9 cm³/mol. The summed E-state index contributed by atoms with van der Waals surface area (Å²) in [7, 11) is 0. The molecule has 8 heteroatoms. The molecule has 0 atom stereocenters. The maximum atomic E-state index is 12.1. The molecular formula is C9H5F4NO2S. The van der Waals surface area contributed by atoms with E-state index in [1.165, 1.54) is 22.9 Å². The third kappa shape index (κ3) is 2.76. The van der Waals surface area contributed by atoms with Crippen molar-refractivity contribution in [2.24, 2.45) is 0 Å². The first-order valence-electron chi connectivity index (χ1n) is 4.33. The molecule has 0 bridgehead atoms. The van der Waals surface area contributed by atoms with Gasteiger partial charge in [0.25, 0.3) is 0 Å². The van der Waals surface area contributed by atoms with Gasteiger partial charge in [-0.25, -0.2) is 4.98 Å². The minimum absolute atomic E-state index is 0.382. The lowest BCUT2D eigenvalue weighted by Gasteiger charge is -2.11. The summed E-state index contributed by atoms with van der Waals surface area (Å²) in [5, 5.41) is 0. The summed E-state index contributed by atoms with van der Waals surface area (Å²) in [4.78, 5) is 3.86. The number of nitrogens with zero attached hydrogens (tertiary/aromatic N) is 1. The molecule has 0 spiro atoms.